The summed E-state index contributed by atoms with van der Waals surface area (Å²) in [7, 11) is 0. The summed E-state index contributed by atoms with van der Waals surface area (Å²) >= 11 is 0. The van der Waals surface area contributed by atoms with Crippen LogP contribution < -0.4 is 15.0 Å². The monoisotopic (exact) mass is 639 g/mol. The van der Waals surface area contributed by atoms with E-state index < -0.39 is 47.7 Å². The van der Waals surface area contributed by atoms with Crippen LogP contribution in [0.2, 0.25) is 0 Å². The summed E-state index contributed by atoms with van der Waals surface area (Å²) in [6.45, 7) is 11.1. The minimum absolute atomic E-state index is 0.0867. The third kappa shape index (κ3) is 7.49. The van der Waals surface area contributed by atoms with Crippen LogP contribution >= 0.6 is 0 Å². The normalized spacial score (nSPS) is 15.5. The molecule has 4 rings (SSSR count). The molecule has 0 aliphatic carbocycles. The number of nitro benzene ring substituents is 1. The summed E-state index contributed by atoms with van der Waals surface area (Å²) in [4.78, 5) is 39.8. The lowest BCUT2D eigenvalue weighted by atomic mass is 9.87. The van der Waals surface area contributed by atoms with Crippen LogP contribution in [0.5, 0.6) is 11.5 Å². The van der Waals surface area contributed by atoms with E-state index in [4.69, 9.17) is 9.47 Å². The molecule has 1 atom stereocenters. The van der Waals surface area contributed by atoms with Gasteiger partial charge in [0.05, 0.1) is 28.8 Å². The number of nitrogens with zero attached hydrogens (tertiary/aromatic N) is 2. The number of hydrogen-bond donors (Lipinski definition) is 1. The van der Waals surface area contributed by atoms with Gasteiger partial charge >= 0.3 is 23.9 Å². The van der Waals surface area contributed by atoms with E-state index in [0.29, 0.717) is 17.0 Å². The van der Waals surface area contributed by atoms with E-state index in [2.05, 4.69) is 5.32 Å². The molecule has 0 spiro atoms. The zero-order chi connectivity index (χ0) is 34.0. The number of urea groups is 1. The van der Waals surface area contributed by atoms with Crippen molar-refractivity contribution >= 4 is 23.4 Å². The summed E-state index contributed by atoms with van der Waals surface area (Å²) in [5.41, 5.74) is 1.76. The summed E-state index contributed by atoms with van der Waals surface area (Å²) in [6.07, 6.45) is -6.65. The van der Waals surface area contributed by atoms with Gasteiger partial charge in [0.2, 0.25) is 5.75 Å². The van der Waals surface area contributed by atoms with E-state index in [0.717, 1.165) is 22.1 Å². The average molecular weight is 640 g/mol. The van der Waals surface area contributed by atoms with Gasteiger partial charge in [0, 0.05) is 18.2 Å². The third-order valence-electron chi connectivity index (χ3n) is 7.76. The first-order valence-electron chi connectivity index (χ1n) is 14.7. The molecule has 1 N–H and O–H groups in total. The van der Waals surface area contributed by atoms with Gasteiger partial charge < -0.3 is 14.8 Å². The molecule has 0 bridgehead atoms. The van der Waals surface area contributed by atoms with Gasteiger partial charge in [0.15, 0.2) is 0 Å². The molecular weight excluding hydrogens is 603 g/mol. The molecule has 3 aromatic rings. The van der Waals surface area contributed by atoms with Crippen molar-refractivity contribution in [1.82, 2.24) is 5.32 Å². The van der Waals surface area contributed by atoms with Crippen LogP contribution in [0.1, 0.15) is 68.8 Å². The highest BCUT2D eigenvalue weighted by molar-refractivity contribution is 6.04. The molecule has 3 aromatic carbocycles. The van der Waals surface area contributed by atoms with Crippen LogP contribution in [0.4, 0.5) is 29.3 Å². The zero-order valence-corrected chi connectivity index (χ0v) is 26.4. The van der Waals surface area contributed by atoms with Crippen LogP contribution in [0.3, 0.4) is 0 Å². The fourth-order valence-electron chi connectivity index (χ4n) is 5.20. The molecule has 46 heavy (non-hydrogen) atoms. The number of carbonyl (C=O) groups is 2. The molecule has 0 fully saturated rings. The molecule has 0 saturated heterocycles. The Labute approximate surface area is 265 Å². The number of alkyl halides is 3. The van der Waals surface area contributed by atoms with E-state index in [9.17, 15) is 32.9 Å². The standard InChI is InChI=1S/C34H36F3N3O6/c1-7-45-31(41)29-26(17-18-34(35,36)37)39(25-10-8-9-20(2)21(25)3)32(42)38-30(29)22-11-16-28(27(19-22)40(43)44)46-24-14-12-23(13-15-24)33(4,5)6/h8-16,19,30H,7,17-18H2,1-6H3,(H,38,42). The van der Waals surface area contributed by atoms with Gasteiger partial charge in [0.25, 0.3) is 0 Å². The molecule has 9 nitrogen and oxygen atoms in total. The second-order valence-corrected chi connectivity index (χ2v) is 12.0. The van der Waals surface area contributed by atoms with Crippen LogP contribution in [0.15, 0.2) is 71.9 Å². The van der Waals surface area contributed by atoms with E-state index >= 15 is 0 Å². The minimum Gasteiger partial charge on any atom is -0.463 e. The fourth-order valence-corrected chi connectivity index (χ4v) is 5.20. The molecule has 1 aliphatic rings. The average Bonchev–Trinajstić information content (AvgIpc) is 2.97. The lowest BCUT2D eigenvalue weighted by Gasteiger charge is -2.37. The number of nitrogens with one attached hydrogen (secondary N) is 1. The SMILES string of the molecule is CCOC(=O)C1=C(CCC(F)(F)F)N(c2cccc(C)c2C)C(=O)NC1c1ccc(Oc2ccc(C(C)(C)C)cc2)c([N+](=O)[O-])c1. The number of rotatable bonds is 9. The number of amides is 2. The van der Waals surface area contributed by atoms with Crippen LogP contribution in [-0.2, 0) is 14.9 Å². The first kappa shape index (κ1) is 34.0. The molecule has 1 heterocycles. The third-order valence-corrected chi connectivity index (χ3v) is 7.76. The van der Waals surface area contributed by atoms with E-state index in [1.807, 2.05) is 32.9 Å². The minimum atomic E-state index is -4.60. The van der Waals surface area contributed by atoms with Crippen molar-refractivity contribution in [3.05, 3.63) is 104 Å². The maximum absolute atomic E-state index is 13.7. The summed E-state index contributed by atoms with van der Waals surface area (Å²) < 4.78 is 51.8. The lowest BCUT2D eigenvalue weighted by molar-refractivity contribution is -0.385. The number of halogens is 3. The smallest absolute Gasteiger partial charge is 0.389 e. The molecule has 0 aromatic heterocycles. The Bertz CT molecular complexity index is 1680. The summed E-state index contributed by atoms with van der Waals surface area (Å²) in [6, 6.07) is 13.8. The molecule has 1 unspecified atom stereocenters. The molecular formula is C34H36F3N3O6. The Morgan fingerprint density at radius 1 is 1.04 bits per heavy atom. The van der Waals surface area contributed by atoms with Gasteiger partial charge in [-0.05, 0) is 79.1 Å². The van der Waals surface area contributed by atoms with E-state index in [1.165, 1.54) is 19.1 Å². The number of carbonyl (C=O) groups excluding carboxylic acids is 2. The summed E-state index contributed by atoms with van der Waals surface area (Å²) in [5.74, 6) is -0.710. The maximum Gasteiger partial charge on any atom is 0.389 e. The van der Waals surface area contributed by atoms with Crippen LogP contribution in [-0.4, -0.2) is 29.7 Å². The van der Waals surface area contributed by atoms with E-state index in [-0.39, 0.29) is 34.6 Å². The number of hydrogen-bond acceptors (Lipinski definition) is 6. The first-order valence-corrected chi connectivity index (χ1v) is 14.7. The van der Waals surface area contributed by atoms with Gasteiger partial charge in [-0.3, -0.25) is 15.0 Å². The van der Waals surface area contributed by atoms with Crippen molar-refractivity contribution in [2.24, 2.45) is 0 Å². The molecule has 1 aliphatic heterocycles. The first-order chi connectivity index (χ1) is 21.5. The number of allylic oxidation sites excluding steroid dienone is 1. The molecule has 244 valence electrons. The Kier molecular flexibility index (Phi) is 9.79. The Morgan fingerprint density at radius 2 is 1.72 bits per heavy atom. The number of esters is 1. The molecule has 2 amide bonds. The zero-order valence-electron chi connectivity index (χ0n) is 26.4. The van der Waals surface area contributed by atoms with Gasteiger partial charge in [-0.2, -0.15) is 13.2 Å². The maximum atomic E-state index is 13.7. The quantitative estimate of drug-likeness (QED) is 0.142. The van der Waals surface area contributed by atoms with Gasteiger partial charge in [0.1, 0.15) is 5.75 Å². The van der Waals surface area contributed by atoms with Crippen molar-refractivity contribution in [2.75, 3.05) is 11.5 Å². The highest BCUT2D eigenvalue weighted by Crippen LogP contribution is 2.42. The van der Waals surface area contributed by atoms with Crippen molar-refractivity contribution < 1.29 is 37.2 Å². The Hall–Kier alpha value is -4.87. The number of nitro groups is 1. The van der Waals surface area contributed by atoms with Crippen molar-refractivity contribution in [3.63, 3.8) is 0 Å². The lowest BCUT2D eigenvalue weighted by Crippen LogP contribution is -2.49. The number of benzene rings is 3. The number of aryl methyl sites for hydroxylation is 1. The fraction of sp³-hybridized carbons (Fsp3) is 0.353. The largest absolute Gasteiger partial charge is 0.463 e. The van der Waals surface area contributed by atoms with Crippen molar-refractivity contribution in [3.8, 4) is 11.5 Å². The molecule has 0 radical (unpaired) electrons. The second kappa shape index (κ2) is 13.2. The molecule has 12 heteroatoms. The van der Waals surface area contributed by atoms with E-state index in [1.54, 1.807) is 44.2 Å². The number of anilines is 1. The van der Waals surface area contributed by atoms with Gasteiger partial charge in [-0.25, -0.2) is 9.59 Å². The topological polar surface area (TPSA) is 111 Å². The Morgan fingerprint density at radius 3 is 2.30 bits per heavy atom. The van der Waals surface area contributed by atoms with Crippen molar-refractivity contribution in [1.29, 1.82) is 0 Å². The summed E-state index contributed by atoms with van der Waals surface area (Å²) in [5, 5.41) is 14.9. The highest BCUT2D eigenvalue weighted by atomic mass is 19.4. The predicted molar refractivity (Wildman–Crippen MR) is 167 cm³/mol. The Balaban J connectivity index is 1.86. The van der Waals surface area contributed by atoms with Crippen molar-refractivity contribution in [2.45, 2.75) is 72.0 Å². The van der Waals surface area contributed by atoms with Gasteiger partial charge in [-0.1, -0.05) is 51.1 Å². The van der Waals surface area contributed by atoms with Crippen LogP contribution in [0.25, 0.3) is 0 Å². The number of ether oxygens (including phenoxy) is 2. The second-order valence-electron chi connectivity index (χ2n) is 12.0. The van der Waals surface area contributed by atoms with Crippen LogP contribution in [0, 0.1) is 24.0 Å². The molecule has 0 saturated carbocycles. The predicted octanol–water partition coefficient (Wildman–Crippen LogP) is 8.73. The highest BCUT2D eigenvalue weighted by Gasteiger charge is 2.41. The van der Waals surface area contributed by atoms with Gasteiger partial charge in [-0.15, -0.1) is 0 Å².